The molecule has 1 aliphatic rings. The molecule has 3 N–H and O–H groups in total. The smallest absolute Gasteiger partial charge is 0.277 e. The zero-order chi connectivity index (χ0) is 20.2. The molecule has 0 unspecified atom stereocenters. The number of fused-ring (bicyclic) bond motifs is 1. The predicted molar refractivity (Wildman–Crippen MR) is 106 cm³/mol. The van der Waals surface area contributed by atoms with Crippen LogP contribution in [0.4, 0.5) is 5.95 Å². The number of nitrogens with one attached hydrogen (secondary N) is 2. The molecule has 4 rings (SSSR count). The van der Waals surface area contributed by atoms with Gasteiger partial charge < -0.3 is 10.2 Å². The number of aryl methyl sites for hydroxylation is 1. The van der Waals surface area contributed by atoms with Crippen LogP contribution in [0.1, 0.15) is 28.8 Å². The van der Waals surface area contributed by atoms with E-state index < -0.39 is 5.91 Å². The lowest BCUT2D eigenvalue weighted by atomic mass is 9.97. The van der Waals surface area contributed by atoms with E-state index in [4.69, 9.17) is 5.21 Å². The Labute approximate surface area is 167 Å². The molecule has 1 amide bonds. The first-order valence-electron chi connectivity index (χ1n) is 9.64. The van der Waals surface area contributed by atoms with Gasteiger partial charge in [0.1, 0.15) is 5.52 Å². The molecule has 1 fully saturated rings. The minimum atomic E-state index is -0.611. The van der Waals surface area contributed by atoms with Crippen molar-refractivity contribution < 1.29 is 10.0 Å². The number of piperidine rings is 1. The van der Waals surface area contributed by atoms with Gasteiger partial charge in [-0.3, -0.25) is 10.0 Å². The Morgan fingerprint density at radius 1 is 1.24 bits per heavy atom. The number of hydrogen-bond donors (Lipinski definition) is 3. The van der Waals surface area contributed by atoms with E-state index in [0.29, 0.717) is 11.9 Å². The minimum Gasteiger partial charge on any atom is -0.341 e. The van der Waals surface area contributed by atoms with Gasteiger partial charge in [-0.15, -0.1) is 5.10 Å². The van der Waals surface area contributed by atoms with Crippen molar-refractivity contribution in [1.82, 2.24) is 35.8 Å². The van der Waals surface area contributed by atoms with E-state index in [1.165, 1.54) is 18.0 Å². The first kappa shape index (κ1) is 19.2. The zero-order valence-corrected chi connectivity index (χ0v) is 16.2. The van der Waals surface area contributed by atoms with E-state index in [2.05, 4.69) is 48.7 Å². The summed E-state index contributed by atoms with van der Waals surface area (Å²) in [7, 11) is 1.89. The normalized spacial score (nSPS) is 15.0. The second-order valence-electron chi connectivity index (χ2n) is 7.31. The van der Waals surface area contributed by atoms with Gasteiger partial charge in [0.05, 0.1) is 11.1 Å². The lowest BCUT2D eigenvalue weighted by molar-refractivity contribution is 0.0705. The lowest BCUT2D eigenvalue weighted by Crippen LogP contribution is -2.38. The van der Waals surface area contributed by atoms with Crippen LogP contribution in [0.2, 0.25) is 0 Å². The number of anilines is 1. The van der Waals surface area contributed by atoms with Crippen LogP contribution in [-0.4, -0.2) is 55.7 Å². The van der Waals surface area contributed by atoms with E-state index in [-0.39, 0.29) is 5.56 Å². The Morgan fingerprint density at radius 3 is 2.72 bits per heavy atom. The maximum absolute atomic E-state index is 11.3. The zero-order valence-electron chi connectivity index (χ0n) is 16.2. The fraction of sp³-hybridized carbons (Fsp3) is 0.421. The summed E-state index contributed by atoms with van der Waals surface area (Å²) in [5.74, 6) is 0.605. The Hall–Kier alpha value is -3.11. The van der Waals surface area contributed by atoms with Crippen LogP contribution in [0.5, 0.6) is 0 Å². The summed E-state index contributed by atoms with van der Waals surface area (Å²) in [6.45, 7) is 3.53. The van der Waals surface area contributed by atoms with Gasteiger partial charge in [-0.05, 0) is 43.0 Å². The molecule has 3 heterocycles. The highest BCUT2D eigenvalue weighted by Crippen LogP contribution is 2.20. The van der Waals surface area contributed by atoms with Crippen LogP contribution in [0.25, 0.3) is 11.0 Å². The topological polar surface area (TPSA) is 121 Å². The van der Waals surface area contributed by atoms with E-state index in [9.17, 15) is 4.79 Å². The van der Waals surface area contributed by atoms with Crippen molar-refractivity contribution in [2.75, 3.05) is 24.5 Å². The van der Waals surface area contributed by atoms with Crippen molar-refractivity contribution in [2.24, 2.45) is 13.0 Å². The second kappa shape index (κ2) is 8.50. The quantitative estimate of drug-likeness (QED) is 0.415. The summed E-state index contributed by atoms with van der Waals surface area (Å²) in [6.07, 6.45) is 4.96. The number of carbonyl (C=O) groups excluding carboxylic acids is 1. The number of aromatic nitrogens is 5. The highest BCUT2D eigenvalue weighted by atomic mass is 16.5. The molecule has 0 atom stereocenters. The molecular weight excluding hydrogens is 372 g/mol. The average Bonchev–Trinajstić information content (AvgIpc) is 3.14. The van der Waals surface area contributed by atoms with Crippen molar-refractivity contribution in [3.8, 4) is 0 Å². The third-order valence-electron chi connectivity index (χ3n) is 5.34. The maximum atomic E-state index is 11.3. The average molecular weight is 396 g/mol. The molecule has 1 aromatic carbocycles. The third-order valence-corrected chi connectivity index (χ3v) is 5.34. The van der Waals surface area contributed by atoms with E-state index in [1.54, 1.807) is 10.2 Å². The van der Waals surface area contributed by atoms with Crippen molar-refractivity contribution in [3.63, 3.8) is 0 Å². The number of amides is 1. The highest BCUT2D eigenvalue weighted by molar-refractivity contribution is 5.92. The molecule has 1 saturated heterocycles. The SMILES string of the molecule is Cn1nnc2cc(CNCC3CCN(c4ncc(C(=O)NO)cn4)CC3)ccc21. The Balaban J connectivity index is 1.23. The Morgan fingerprint density at radius 2 is 2.00 bits per heavy atom. The maximum Gasteiger partial charge on any atom is 0.277 e. The van der Waals surface area contributed by atoms with E-state index >= 15 is 0 Å². The minimum absolute atomic E-state index is 0.231. The van der Waals surface area contributed by atoms with Gasteiger partial charge in [0.25, 0.3) is 5.91 Å². The molecule has 0 radical (unpaired) electrons. The van der Waals surface area contributed by atoms with Gasteiger partial charge in [-0.1, -0.05) is 11.3 Å². The molecule has 10 heteroatoms. The fourth-order valence-corrected chi connectivity index (χ4v) is 3.62. The molecule has 2 aromatic heterocycles. The van der Waals surface area contributed by atoms with Crippen LogP contribution in [-0.2, 0) is 13.6 Å². The monoisotopic (exact) mass is 396 g/mol. The Bertz CT molecular complexity index is 980. The number of benzene rings is 1. The first-order valence-corrected chi connectivity index (χ1v) is 9.64. The van der Waals surface area contributed by atoms with Gasteiger partial charge >= 0.3 is 0 Å². The number of carbonyl (C=O) groups is 1. The van der Waals surface area contributed by atoms with Gasteiger partial charge in [0.15, 0.2) is 0 Å². The third kappa shape index (κ3) is 4.33. The van der Waals surface area contributed by atoms with Gasteiger partial charge in [0.2, 0.25) is 5.95 Å². The molecule has 10 nitrogen and oxygen atoms in total. The largest absolute Gasteiger partial charge is 0.341 e. The summed E-state index contributed by atoms with van der Waals surface area (Å²) < 4.78 is 1.78. The molecule has 1 aliphatic heterocycles. The van der Waals surface area contributed by atoms with Crippen LogP contribution < -0.4 is 15.7 Å². The summed E-state index contributed by atoms with van der Waals surface area (Å²) in [6, 6.07) is 6.25. The molecule has 0 aliphatic carbocycles. The Kier molecular flexibility index (Phi) is 5.63. The molecule has 3 aromatic rings. The first-order chi connectivity index (χ1) is 14.1. The summed E-state index contributed by atoms with van der Waals surface area (Å²) >= 11 is 0. The van der Waals surface area contributed by atoms with Crippen LogP contribution >= 0.6 is 0 Å². The highest BCUT2D eigenvalue weighted by Gasteiger charge is 2.21. The molecule has 0 saturated carbocycles. The number of rotatable bonds is 6. The fourth-order valence-electron chi connectivity index (χ4n) is 3.62. The molecular formula is C19H24N8O2. The van der Waals surface area contributed by atoms with Crippen LogP contribution in [0.15, 0.2) is 30.6 Å². The summed E-state index contributed by atoms with van der Waals surface area (Å²) in [4.78, 5) is 21.9. The molecule has 0 bridgehead atoms. The van der Waals surface area contributed by atoms with Crippen molar-refractivity contribution in [3.05, 3.63) is 41.7 Å². The van der Waals surface area contributed by atoms with E-state index in [0.717, 1.165) is 50.1 Å². The van der Waals surface area contributed by atoms with E-state index in [1.807, 2.05) is 7.05 Å². The number of nitrogens with zero attached hydrogens (tertiary/aromatic N) is 6. The van der Waals surface area contributed by atoms with Crippen molar-refractivity contribution in [2.45, 2.75) is 19.4 Å². The van der Waals surface area contributed by atoms with Gasteiger partial charge in [0, 0.05) is 39.1 Å². The number of hydrogen-bond acceptors (Lipinski definition) is 8. The van der Waals surface area contributed by atoms with Crippen LogP contribution in [0.3, 0.4) is 0 Å². The van der Waals surface area contributed by atoms with Crippen molar-refractivity contribution in [1.29, 1.82) is 0 Å². The van der Waals surface area contributed by atoms with Gasteiger partial charge in [-0.25, -0.2) is 20.1 Å². The standard InChI is InChI=1S/C19H24N8O2/c1-26-17-3-2-14(8-16(17)23-25-26)10-20-9-13-4-6-27(7-5-13)19-21-11-15(12-22-19)18(28)24-29/h2-3,8,11-13,20,29H,4-7,9-10H2,1H3,(H,24,28). The number of hydroxylamine groups is 1. The molecule has 152 valence electrons. The second-order valence-corrected chi connectivity index (χ2v) is 7.31. The molecule has 0 spiro atoms. The van der Waals surface area contributed by atoms with Crippen molar-refractivity contribution >= 4 is 22.9 Å². The van der Waals surface area contributed by atoms with Crippen LogP contribution in [0, 0.1) is 5.92 Å². The summed E-state index contributed by atoms with van der Waals surface area (Å²) in [5, 5.41) is 20.4. The summed E-state index contributed by atoms with van der Waals surface area (Å²) in [5.41, 5.74) is 4.97. The predicted octanol–water partition coefficient (Wildman–Crippen LogP) is 0.884. The molecule has 29 heavy (non-hydrogen) atoms. The van der Waals surface area contributed by atoms with Gasteiger partial charge in [-0.2, -0.15) is 0 Å². The lowest BCUT2D eigenvalue weighted by Gasteiger charge is -2.32.